The molecule has 0 radical (unpaired) electrons. The maximum Gasteiger partial charge on any atom is 0.289 e. The average molecular weight is 250 g/mol. The average Bonchev–Trinajstić information content (AvgIpc) is 2.82. The molecule has 18 heavy (non-hydrogen) atoms. The van der Waals surface area contributed by atoms with Crippen molar-refractivity contribution in [2.24, 2.45) is 13.0 Å². The van der Waals surface area contributed by atoms with Gasteiger partial charge in [-0.1, -0.05) is 0 Å². The van der Waals surface area contributed by atoms with E-state index in [0.29, 0.717) is 5.82 Å². The second-order valence-corrected chi connectivity index (χ2v) is 4.99. The number of nitrogens with zero attached hydrogens (tertiary/aromatic N) is 3. The monoisotopic (exact) mass is 250 g/mol. The first-order valence-corrected chi connectivity index (χ1v) is 6.63. The Labute approximate surface area is 108 Å². The van der Waals surface area contributed by atoms with Crippen LogP contribution in [0.15, 0.2) is 12.4 Å². The van der Waals surface area contributed by atoms with Crippen LogP contribution >= 0.6 is 0 Å². The largest absolute Gasteiger partial charge is 0.336 e. The van der Waals surface area contributed by atoms with Gasteiger partial charge in [-0.3, -0.25) is 4.79 Å². The van der Waals surface area contributed by atoms with E-state index in [1.54, 1.807) is 10.8 Å². The summed E-state index contributed by atoms with van der Waals surface area (Å²) in [4.78, 5) is 18.3. The standard InChI is InChI=1S/C13H22N4O/c1-14-6-3-11-4-8-17(9-5-11)13(18)12-15-7-10-16(12)2/h7,10-11,14H,3-6,8-9H2,1-2H3. The molecule has 2 heterocycles. The van der Waals surface area contributed by atoms with E-state index in [4.69, 9.17) is 0 Å². The summed E-state index contributed by atoms with van der Waals surface area (Å²) < 4.78 is 1.79. The summed E-state index contributed by atoms with van der Waals surface area (Å²) in [6.07, 6.45) is 6.91. The number of imidazole rings is 1. The number of hydrogen-bond donors (Lipinski definition) is 1. The molecule has 1 aromatic heterocycles. The van der Waals surface area contributed by atoms with Gasteiger partial charge < -0.3 is 14.8 Å². The van der Waals surface area contributed by atoms with Crippen molar-refractivity contribution in [2.45, 2.75) is 19.3 Å². The minimum atomic E-state index is 0.0644. The number of aryl methyl sites for hydroxylation is 1. The van der Waals surface area contributed by atoms with Crippen molar-refractivity contribution < 1.29 is 4.79 Å². The van der Waals surface area contributed by atoms with Gasteiger partial charge in [-0.15, -0.1) is 0 Å². The number of amides is 1. The molecule has 1 aromatic rings. The van der Waals surface area contributed by atoms with Crippen LogP contribution in [0.3, 0.4) is 0 Å². The summed E-state index contributed by atoms with van der Waals surface area (Å²) in [5, 5.41) is 3.18. The fourth-order valence-electron chi connectivity index (χ4n) is 2.49. The van der Waals surface area contributed by atoms with Crippen molar-refractivity contribution in [1.29, 1.82) is 0 Å². The summed E-state index contributed by atoms with van der Waals surface area (Å²) in [5.74, 6) is 1.36. The zero-order valence-electron chi connectivity index (χ0n) is 11.2. The van der Waals surface area contributed by atoms with Crippen LogP contribution in [-0.4, -0.2) is 47.0 Å². The van der Waals surface area contributed by atoms with E-state index in [-0.39, 0.29) is 5.91 Å². The number of likely N-dealkylation sites (tertiary alicyclic amines) is 1. The van der Waals surface area contributed by atoms with E-state index in [0.717, 1.165) is 38.4 Å². The van der Waals surface area contributed by atoms with Gasteiger partial charge in [0, 0.05) is 32.5 Å². The Hall–Kier alpha value is -1.36. The molecule has 0 unspecified atom stereocenters. The summed E-state index contributed by atoms with van der Waals surface area (Å²) >= 11 is 0. The molecule has 1 amide bonds. The highest BCUT2D eigenvalue weighted by molar-refractivity contribution is 5.90. The molecular formula is C13H22N4O. The third kappa shape index (κ3) is 2.90. The predicted octanol–water partition coefficient (Wildman–Crippen LogP) is 0.882. The summed E-state index contributed by atoms with van der Waals surface area (Å²) in [6.45, 7) is 2.79. The molecule has 1 aliphatic heterocycles. The van der Waals surface area contributed by atoms with Crippen LogP contribution in [0.2, 0.25) is 0 Å². The Kier molecular flexibility index (Phi) is 4.36. The van der Waals surface area contributed by atoms with Gasteiger partial charge in [0.15, 0.2) is 5.82 Å². The van der Waals surface area contributed by atoms with Gasteiger partial charge in [0.05, 0.1) is 0 Å². The van der Waals surface area contributed by atoms with Crippen LogP contribution in [-0.2, 0) is 7.05 Å². The molecule has 1 fully saturated rings. The van der Waals surface area contributed by atoms with Gasteiger partial charge in [0.2, 0.25) is 0 Å². The van der Waals surface area contributed by atoms with Gasteiger partial charge in [-0.2, -0.15) is 0 Å². The second kappa shape index (κ2) is 6.00. The van der Waals surface area contributed by atoms with E-state index >= 15 is 0 Å². The van der Waals surface area contributed by atoms with Gasteiger partial charge in [0.1, 0.15) is 0 Å². The zero-order valence-corrected chi connectivity index (χ0v) is 11.2. The quantitative estimate of drug-likeness (QED) is 0.863. The number of piperidine rings is 1. The Morgan fingerprint density at radius 1 is 1.50 bits per heavy atom. The SMILES string of the molecule is CNCCC1CCN(C(=O)c2nccn2C)CC1. The van der Waals surface area contributed by atoms with E-state index in [9.17, 15) is 4.79 Å². The van der Waals surface area contributed by atoms with Crippen molar-refractivity contribution >= 4 is 5.91 Å². The molecule has 0 saturated carbocycles. The minimum Gasteiger partial charge on any atom is -0.336 e. The van der Waals surface area contributed by atoms with Crippen molar-refractivity contribution in [1.82, 2.24) is 19.8 Å². The lowest BCUT2D eigenvalue weighted by atomic mass is 9.93. The van der Waals surface area contributed by atoms with Gasteiger partial charge in [0.25, 0.3) is 5.91 Å². The Balaban J connectivity index is 1.86. The first kappa shape index (κ1) is 13.1. The number of aromatic nitrogens is 2. The predicted molar refractivity (Wildman–Crippen MR) is 70.4 cm³/mol. The lowest BCUT2D eigenvalue weighted by molar-refractivity contribution is 0.0671. The smallest absolute Gasteiger partial charge is 0.289 e. The molecule has 0 atom stereocenters. The van der Waals surface area contributed by atoms with E-state index in [1.165, 1.54) is 6.42 Å². The first-order chi connectivity index (χ1) is 8.72. The van der Waals surface area contributed by atoms with Crippen molar-refractivity contribution in [3.8, 4) is 0 Å². The highest BCUT2D eigenvalue weighted by Crippen LogP contribution is 2.21. The third-order valence-corrected chi connectivity index (χ3v) is 3.72. The molecule has 1 saturated heterocycles. The molecule has 100 valence electrons. The minimum absolute atomic E-state index is 0.0644. The molecule has 1 aliphatic rings. The summed E-state index contributed by atoms with van der Waals surface area (Å²) in [7, 11) is 3.85. The van der Waals surface area contributed by atoms with Crippen molar-refractivity contribution in [2.75, 3.05) is 26.7 Å². The maximum absolute atomic E-state index is 12.2. The van der Waals surface area contributed by atoms with Crippen LogP contribution in [0.5, 0.6) is 0 Å². The highest BCUT2D eigenvalue weighted by Gasteiger charge is 2.25. The van der Waals surface area contributed by atoms with Gasteiger partial charge >= 0.3 is 0 Å². The lowest BCUT2D eigenvalue weighted by Gasteiger charge is -2.31. The molecule has 0 spiro atoms. The van der Waals surface area contributed by atoms with Crippen LogP contribution in [0.25, 0.3) is 0 Å². The van der Waals surface area contributed by atoms with Gasteiger partial charge in [-0.05, 0) is 38.8 Å². The van der Waals surface area contributed by atoms with Crippen LogP contribution in [0.4, 0.5) is 0 Å². The van der Waals surface area contributed by atoms with Crippen LogP contribution in [0, 0.1) is 5.92 Å². The highest BCUT2D eigenvalue weighted by atomic mass is 16.2. The zero-order chi connectivity index (χ0) is 13.0. The van der Waals surface area contributed by atoms with Crippen LogP contribution in [0.1, 0.15) is 29.9 Å². The fourth-order valence-corrected chi connectivity index (χ4v) is 2.49. The number of rotatable bonds is 4. The normalized spacial score (nSPS) is 17.1. The Bertz CT molecular complexity index is 393. The van der Waals surface area contributed by atoms with Crippen LogP contribution < -0.4 is 5.32 Å². The maximum atomic E-state index is 12.2. The first-order valence-electron chi connectivity index (χ1n) is 6.63. The van der Waals surface area contributed by atoms with Crippen molar-refractivity contribution in [3.63, 3.8) is 0 Å². The lowest BCUT2D eigenvalue weighted by Crippen LogP contribution is -2.40. The summed E-state index contributed by atoms with van der Waals surface area (Å²) in [6, 6.07) is 0. The molecule has 1 N–H and O–H groups in total. The molecule has 0 aromatic carbocycles. The second-order valence-electron chi connectivity index (χ2n) is 4.99. The third-order valence-electron chi connectivity index (χ3n) is 3.72. The fraction of sp³-hybridized carbons (Fsp3) is 0.692. The molecule has 2 rings (SSSR count). The molecule has 5 nitrogen and oxygen atoms in total. The van der Waals surface area contributed by atoms with E-state index in [2.05, 4.69) is 10.3 Å². The molecular weight excluding hydrogens is 228 g/mol. The van der Waals surface area contributed by atoms with Crippen molar-refractivity contribution in [3.05, 3.63) is 18.2 Å². The number of carbonyl (C=O) groups is 1. The van der Waals surface area contributed by atoms with E-state index in [1.807, 2.05) is 25.2 Å². The summed E-state index contributed by atoms with van der Waals surface area (Å²) in [5.41, 5.74) is 0. The topological polar surface area (TPSA) is 50.2 Å². The number of nitrogens with one attached hydrogen (secondary N) is 1. The number of carbonyl (C=O) groups excluding carboxylic acids is 1. The number of hydrogen-bond acceptors (Lipinski definition) is 3. The van der Waals surface area contributed by atoms with E-state index < -0.39 is 0 Å². The Morgan fingerprint density at radius 3 is 2.78 bits per heavy atom. The molecule has 5 heteroatoms. The molecule has 0 aliphatic carbocycles. The molecule has 0 bridgehead atoms. The van der Waals surface area contributed by atoms with Gasteiger partial charge in [-0.25, -0.2) is 4.98 Å². The Morgan fingerprint density at radius 2 is 2.22 bits per heavy atom.